The number of nitro benzene ring substituents is 1. The van der Waals surface area contributed by atoms with E-state index in [1.54, 1.807) is 12.1 Å². The zero-order valence-corrected chi connectivity index (χ0v) is 10.9. The Bertz CT molecular complexity index is 651. The van der Waals surface area contributed by atoms with E-state index in [0.29, 0.717) is 17.8 Å². The smallest absolute Gasteiger partial charge is 0.270 e. The van der Waals surface area contributed by atoms with Crippen molar-refractivity contribution in [1.29, 1.82) is 0 Å². The van der Waals surface area contributed by atoms with Crippen LogP contribution >= 0.6 is 0 Å². The van der Waals surface area contributed by atoms with E-state index in [-0.39, 0.29) is 11.6 Å². The molecule has 1 heterocycles. The van der Waals surface area contributed by atoms with Crippen molar-refractivity contribution in [1.82, 2.24) is 10.1 Å². The van der Waals surface area contributed by atoms with E-state index in [4.69, 9.17) is 10.3 Å². The van der Waals surface area contributed by atoms with Gasteiger partial charge in [0.1, 0.15) is 0 Å². The highest BCUT2D eigenvalue weighted by Gasteiger charge is 2.18. The third-order valence-electron chi connectivity index (χ3n) is 2.85. The van der Waals surface area contributed by atoms with Crippen molar-refractivity contribution in [3.63, 3.8) is 0 Å². The van der Waals surface area contributed by atoms with Crippen molar-refractivity contribution in [2.45, 2.75) is 19.4 Å². The fourth-order valence-corrected chi connectivity index (χ4v) is 1.74. The van der Waals surface area contributed by atoms with Crippen molar-refractivity contribution in [3.05, 3.63) is 52.4 Å². The molecule has 0 bridgehead atoms. The van der Waals surface area contributed by atoms with E-state index in [0.717, 1.165) is 5.56 Å². The molecule has 0 saturated carbocycles. The Balaban J connectivity index is 2.39. The van der Waals surface area contributed by atoms with Crippen LogP contribution < -0.4 is 5.73 Å². The van der Waals surface area contributed by atoms with Gasteiger partial charge in [0.15, 0.2) is 0 Å². The zero-order chi connectivity index (χ0) is 14.7. The van der Waals surface area contributed by atoms with Gasteiger partial charge >= 0.3 is 0 Å². The number of nitrogens with zero attached hydrogens (tertiary/aromatic N) is 3. The van der Waals surface area contributed by atoms with E-state index in [2.05, 4.69) is 16.7 Å². The van der Waals surface area contributed by atoms with Gasteiger partial charge in [-0.3, -0.25) is 10.1 Å². The van der Waals surface area contributed by atoms with Gasteiger partial charge in [0.05, 0.1) is 11.0 Å². The van der Waals surface area contributed by atoms with Crippen LogP contribution in [-0.2, 0) is 0 Å². The predicted molar refractivity (Wildman–Crippen MR) is 72.9 cm³/mol. The fourth-order valence-electron chi connectivity index (χ4n) is 1.74. The number of nitrogens with two attached hydrogens (primary N) is 1. The number of hydrogen-bond donors (Lipinski definition) is 1. The maximum absolute atomic E-state index is 10.8. The number of aryl methyl sites for hydroxylation is 1. The number of aromatic nitrogens is 2. The summed E-state index contributed by atoms with van der Waals surface area (Å²) in [5.74, 6) is 0.575. The Morgan fingerprint density at radius 1 is 1.60 bits per heavy atom. The summed E-state index contributed by atoms with van der Waals surface area (Å²) in [7, 11) is 0. The van der Waals surface area contributed by atoms with Crippen molar-refractivity contribution in [2.24, 2.45) is 5.73 Å². The normalized spacial score (nSPS) is 12.1. The molecule has 7 heteroatoms. The van der Waals surface area contributed by atoms with Crippen molar-refractivity contribution in [2.75, 3.05) is 0 Å². The summed E-state index contributed by atoms with van der Waals surface area (Å²) in [6.07, 6.45) is 2.17. The van der Waals surface area contributed by atoms with Gasteiger partial charge in [-0.2, -0.15) is 4.98 Å². The van der Waals surface area contributed by atoms with Crippen LogP contribution in [0.5, 0.6) is 0 Å². The molecule has 0 aliphatic rings. The van der Waals surface area contributed by atoms with Crippen molar-refractivity contribution < 1.29 is 9.45 Å². The summed E-state index contributed by atoms with van der Waals surface area (Å²) in [4.78, 5) is 14.5. The molecule has 0 radical (unpaired) electrons. The molecule has 2 N–H and O–H groups in total. The van der Waals surface area contributed by atoms with Gasteiger partial charge in [-0.1, -0.05) is 17.3 Å². The number of non-ortho nitro benzene ring substituents is 1. The maximum atomic E-state index is 10.8. The second-order valence-corrected chi connectivity index (χ2v) is 4.34. The second-order valence-electron chi connectivity index (χ2n) is 4.34. The molecule has 0 aliphatic carbocycles. The zero-order valence-electron chi connectivity index (χ0n) is 10.9. The first kappa shape index (κ1) is 13.9. The largest absolute Gasteiger partial charge is 0.337 e. The third-order valence-corrected chi connectivity index (χ3v) is 2.85. The lowest BCUT2D eigenvalue weighted by Gasteiger charge is -2.01. The minimum atomic E-state index is -0.465. The molecule has 1 atom stereocenters. The molecule has 0 amide bonds. The Labute approximate surface area is 115 Å². The Kier molecular flexibility index (Phi) is 3.90. The summed E-state index contributed by atoms with van der Waals surface area (Å²) < 4.78 is 5.08. The van der Waals surface area contributed by atoms with Crippen LogP contribution in [0.1, 0.15) is 23.9 Å². The maximum Gasteiger partial charge on any atom is 0.270 e. The van der Waals surface area contributed by atoms with E-state index in [1.165, 1.54) is 12.1 Å². The first-order valence-electron chi connectivity index (χ1n) is 5.98. The molecule has 1 aromatic heterocycles. The average Bonchev–Trinajstić information content (AvgIpc) is 2.88. The van der Waals surface area contributed by atoms with E-state index in [1.807, 2.05) is 6.92 Å². The molecular weight excluding hydrogens is 260 g/mol. The minimum Gasteiger partial charge on any atom is -0.337 e. The van der Waals surface area contributed by atoms with Gasteiger partial charge in [-0.25, -0.2) is 0 Å². The molecule has 0 fully saturated rings. The Morgan fingerprint density at radius 3 is 3.00 bits per heavy atom. The average molecular weight is 274 g/mol. The summed E-state index contributed by atoms with van der Waals surface area (Å²) in [5.41, 5.74) is 7.19. The lowest BCUT2D eigenvalue weighted by atomic mass is 10.1. The highest BCUT2D eigenvalue weighted by molar-refractivity contribution is 5.63. The van der Waals surface area contributed by atoms with E-state index < -0.39 is 11.0 Å². The van der Waals surface area contributed by atoms with E-state index >= 15 is 0 Å². The van der Waals surface area contributed by atoms with Crippen LogP contribution in [0.4, 0.5) is 5.69 Å². The predicted octanol–water partition coefficient (Wildman–Crippen LogP) is 2.53. The minimum absolute atomic E-state index is 0.0210. The molecular formula is C13H14N4O3. The van der Waals surface area contributed by atoms with Crippen LogP contribution in [0.25, 0.3) is 11.4 Å². The monoisotopic (exact) mass is 274 g/mol. The Morgan fingerprint density at radius 2 is 2.35 bits per heavy atom. The summed E-state index contributed by atoms with van der Waals surface area (Å²) in [6.45, 7) is 5.41. The SMILES string of the molecule is C=CCC(N)c1nc(-c2cc([N+](=O)[O-])ccc2C)no1. The first-order valence-corrected chi connectivity index (χ1v) is 5.98. The highest BCUT2D eigenvalue weighted by Crippen LogP contribution is 2.26. The molecule has 2 aromatic rings. The molecule has 20 heavy (non-hydrogen) atoms. The van der Waals surface area contributed by atoms with Crippen LogP contribution in [-0.4, -0.2) is 15.1 Å². The number of benzene rings is 1. The fraction of sp³-hybridized carbons (Fsp3) is 0.231. The summed E-state index contributed by atoms with van der Waals surface area (Å²) in [6, 6.07) is 4.08. The van der Waals surface area contributed by atoms with Gasteiger partial charge in [-0.05, 0) is 18.9 Å². The van der Waals surface area contributed by atoms with Crippen molar-refractivity contribution >= 4 is 5.69 Å². The van der Waals surface area contributed by atoms with E-state index in [9.17, 15) is 10.1 Å². The molecule has 2 rings (SSSR count). The first-order chi connectivity index (χ1) is 9.52. The molecule has 0 spiro atoms. The van der Waals surface area contributed by atoms with Crippen LogP contribution in [0.15, 0.2) is 35.4 Å². The van der Waals surface area contributed by atoms with Gasteiger partial charge < -0.3 is 10.3 Å². The number of rotatable bonds is 5. The summed E-state index contributed by atoms with van der Waals surface area (Å²) >= 11 is 0. The third kappa shape index (κ3) is 2.72. The number of nitro groups is 1. The van der Waals surface area contributed by atoms with Crippen LogP contribution in [0.3, 0.4) is 0 Å². The van der Waals surface area contributed by atoms with Gasteiger partial charge in [0, 0.05) is 17.7 Å². The Hall–Kier alpha value is -2.54. The molecule has 1 aromatic carbocycles. The van der Waals surface area contributed by atoms with Gasteiger partial charge in [-0.15, -0.1) is 6.58 Å². The molecule has 104 valence electrons. The topological polar surface area (TPSA) is 108 Å². The quantitative estimate of drug-likeness (QED) is 0.510. The standard InChI is InChI=1S/C13H14N4O3/c1-3-4-11(14)13-15-12(16-20-13)10-7-9(17(18)19)6-5-8(10)2/h3,5-7,11H,1,4,14H2,2H3. The van der Waals surface area contributed by atoms with Crippen molar-refractivity contribution in [3.8, 4) is 11.4 Å². The number of hydrogen-bond acceptors (Lipinski definition) is 6. The summed E-state index contributed by atoms with van der Waals surface area (Å²) in [5, 5.41) is 14.6. The molecule has 7 nitrogen and oxygen atoms in total. The highest BCUT2D eigenvalue weighted by atomic mass is 16.6. The lowest BCUT2D eigenvalue weighted by Crippen LogP contribution is -2.09. The second kappa shape index (κ2) is 5.62. The van der Waals surface area contributed by atoms with Crippen LogP contribution in [0.2, 0.25) is 0 Å². The lowest BCUT2D eigenvalue weighted by molar-refractivity contribution is -0.384. The molecule has 0 aliphatic heterocycles. The molecule has 1 unspecified atom stereocenters. The van der Waals surface area contributed by atoms with Crippen LogP contribution in [0, 0.1) is 17.0 Å². The van der Waals surface area contributed by atoms with Gasteiger partial charge in [0.2, 0.25) is 11.7 Å². The van der Waals surface area contributed by atoms with Gasteiger partial charge in [0.25, 0.3) is 5.69 Å². The molecule has 0 saturated heterocycles.